The molecule has 2 heterocycles. The molecular weight excluding hydrogens is 248 g/mol. The van der Waals surface area contributed by atoms with Crippen LogP contribution in [0.1, 0.15) is 6.42 Å². The molecule has 0 saturated carbocycles. The Morgan fingerprint density at radius 2 is 2.21 bits per heavy atom. The first kappa shape index (κ1) is 11.3. The van der Waals surface area contributed by atoms with Gasteiger partial charge >= 0.3 is 5.97 Å². The van der Waals surface area contributed by atoms with Crippen molar-refractivity contribution in [1.82, 2.24) is 30.4 Å². The molecule has 0 unspecified atom stereocenters. The smallest absolute Gasteiger partial charge is 0.305 e. The number of nitrogens with zero attached hydrogens (tertiary/aromatic N) is 5. The van der Waals surface area contributed by atoms with Gasteiger partial charge in [0.2, 0.25) is 5.82 Å². The molecule has 0 aliphatic heterocycles. The van der Waals surface area contributed by atoms with Crippen LogP contribution in [0.25, 0.3) is 22.4 Å². The zero-order valence-electron chi connectivity index (χ0n) is 9.82. The normalized spacial score (nSPS) is 10.9. The van der Waals surface area contributed by atoms with Crippen molar-refractivity contribution in [3.63, 3.8) is 0 Å². The maximum absolute atomic E-state index is 10.6. The summed E-state index contributed by atoms with van der Waals surface area (Å²) in [6.45, 7) is 0.207. The molecule has 0 spiro atoms. The third-order valence-corrected chi connectivity index (χ3v) is 2.75. The SMILES string of the molecule is O=C(O)CCn1nnnc1-c1n[nH]c2ccccc12. The zero-order valence-corrected chi connectivity index (χ0v) is 9.82. The quantitative estimate of drug-likeness (QED) is 0.712. The molecule has 0 fully saturated rings. The molecule has 3 rings (SSSR count). The number of hydrogen-bond donors (Lipinski definition) is 2. The summed E-state index contributed by atoms with van der Waals surface area (Å²) < 4.78 is 1.44. The van der Waals surface area contributed by atoms with Crippen molar-refractivity contribution in [3.05, 3.63) is 24.3 Å². The van der Waals surface area contributed by atoms with E-state index >= 15 is 0 Å². The lowest BCUT2D eigenvalue weighted by Gasteiger charge is -2.00. The molecule has 0 aliphatic carbocycles. The van der Waals surface area contributed by atoms with Gasteiger partial charge in [-0.2, -0.15) is 5.10 Å². The molecule has 2 aromatic heterocycles. The van der Waals surface area contributed by atoms with Gasteiger partial charge in [0.25, 0.3) is 0 Å². The van der Waals surface area contributed by atoms with Crippen molar-refractivity contribution in [1.29, 1.82) is 0 Å². The van der Waals surface area contributed by atoms with E-state index in [0.29, 0.717) is 11.5 Å². The Labute approximate surface area is 107 Å². The van der Waals surface area contributed by atoms with Crippen LogP contribution in [0.4, 0.5) is 0 Å². The second-order valence-electron chi connectivity index (χ2n) is 3.99. The van der Waals surface area contributed by atoms with Gasteiger partial charge in [-0.1, -0.05) is 18.2 Å². The van der Waals surface area contributed by atoms with E-state index in [-0.39, 0.29) is 13.0 Å². The van der Waals surface area contributed by atoms with E-state index in [1.54, 1.807) is 0 Å². The van der Waals surface area contributed by atoms with Gasteiger partial charge in [-0.3, -0.25) is 9.89 Å². The predicted octanol–water partition coefficient (Wildman–Crippen LogP) is 0.691. The highest BCUT2D eigenvalue weighted by molar-refractivity contribution is 5.90. The van der Waals surface area contributed by atoms with Crippen molar-refractivity contribution in [3.8, 4) is 11.5 Å². The molecule has 0 atom stereocenters. The number of rotatable bonds is 4. The van der Waals surface area contributed by atoms with Gasteiger partial charge in [-0.15, -0.1) is 5.10 Å². The van der Waals surface area contributed by atoms with Crippen LogP contribution in [0.3, 0.4) is 0 Å². The third-order valence-electron chi connectivity index (χ3n) is 2.75. The number of hydrogen-bond acceptors (Lipinski definition) is 5. The first-order chi connectivity index (χ1) is 9.25. The van der Waals surface area contributed by atoms with E-state index in [4.69, 9.17) is 5.11 Å². The number of H-pyrrole nitrogens is 1. The zero-order chi connectivity index (χ0) is 13.2. The highest BCUT2D eigenvalue weighted by Gasteiger charge is 2.15. The van der Waals surface area contributed by atoms with Gasteiger partial charge in [0.05, 0.1) is 18.5 Å². The number of tetrazole rings is 1. The molecule has 0 saturated heterocycles. The number of carboxylic acids is 1. The van der Waals surface area contributed by atoms with Crippen LogP contribution < -0.4 is 0 Å². The minimum absolute atomic E-state index is 0.0413. The summed E-state index contributed by atoms with van der Waals surface area (Å²) >= 11 is 0. The van der Waals surface area contributed by atoms with Gasteiger partial charge in [0, 0.05) is 5.39 Å². The van der Waals surface area contributed by atoms with Crippen LogP contribution in [0.15, 0.2) is 24.3 Å². The van der Waals surface area contributed by atoms with Crippen LogP contribution in [-0.4, -0.2) is 41.5 Å². The number of para-hydroxylation sites is 1. The lowest BCUT2D eigenvalue weighted by Crippen LogP contribution is -2.08. The fourth-order valence-electron chi connectivity index (χ4n) is 1.86. The Bertz CT molecular complexity index is 731. The molecule has 2 N–H and O–H groups in total. The topological polar surface area (TPSA) is 110 Å². The number of benzene rings is 1. The Balaban J connectivity index is 2.02. The number of aryl methyl sites for hydroxylation is 1. The van der Waals surface area contributed by atoms with Gasteiger partial charge in [0.15, 0.2) is 0 Å². The summed E-state index contributed by atoms with van der Waals surface area (Å²) in [6, 6.07) is 7.60. The molecule has 8 heteroatoms. The Hall–Kier alpha value is -2.77. The van der Waals surface area contributed by atoms with Gasteiger partial charge < -0.3 is 5.11 Å². The molecule has 0 radical (unpaired) electrons. The fourth-order valence-corrected chi connectivity index (χ4v) is 1.86. The first-order valence-electron chi connectivity index (χ1n) is 5.67. The lowest BCUT2D eigenvalue weighted by molar-refractivity contribution is -0.137. The Kier molecular flexibility index (Phi) is 2.67. The monoisotopic (exact) mass is 258 g/mol. The largest absolute Gasteiger partial charge is 0.481 e. The summed E-state index contributed by atoms with van der Waals surface area (Å²) in [5.74, 6) is -0.438. The number of carboxylic acid groups (broad SMARTS) is 1. The van der Waals surface area contributed by atoms with E-state index in [1.165, 1.54) is 4.68 Å². The number of fused-ring (bicyclic) bond motifs is 1. The summed E-state index contributed by atoms with van der Waals surface area (Å²) in [6.07, 6.45) is -0.0413. The van der Waals surface area contributed by atoms with Crippen LogP contribution in [0.2, 0.25) is 0 Å². The van der Waals surface area contributed by atoms with Crippen LogP contribution >= 0.6 is 0 Å². The highest BCUT2D eigenvalue weighted by atomic mass is 16.4. The van der Waals surface area contributed by atoms with E-state index < -0.39 is 5.97 Å². The lowest BCUT2D eigenvalue weighted by atomic mass is 10.2. The molecule has 0 bridgehead atoms. The van der Waals surface area contributed by atoms with Crippen molar-refractivity contribution in [2.24, 2.45) is 0 Å². The minimum atomic E-state index is -0.895. The van der Waals surface area contributed by atoms with Gasteiger partial charge in [-0.05, 0) is 16.5 Å². The molecular formula is C11H10N6O2. The number of nitrogens with one attached hydrogen (secondary N) is 1. The maximum Gasteiger partial charge on any atom is 0.305 e. The first-order valence-corrected chi connectivity index (χ1v) is 5.67. The van der Waals surface area contributed by atoms with Gasteiger partial charge in [-0.25, -0.2) is 4.68 Å². The van der Waals surface area contributed by atoms with Crippen molar-refractivity contribution >= 4 is 16.9 Å². The number of aromatic amines is 1. The number of carbonyl (C=O) groups is 1. The van der Waals surface area contributed by atoms with E-state index in [2.05, 4.69) is 25.7 Å². The summed E-state index contributed by atoms with van der Waals surface area (Å²) in [5.41, 5.74) is 1.50. The Morgan fingerprint density at radius 1 is 1.37 bits per heavy atom. The number of aliphatic carboxylic acids is 1. The summed E-state index contributed by atoms with van der Waals surface area (Å²) in [4.78, 5) is 10.6. The van der Waals surface area contributed by atoms with Crippen molar-refractivity contribution in [2.75, 3.05) is 0 Å². The minimum Gasteiger partial charge on any atom is -0.481 e. The van der Waals surface area contributed by atoms with Crippen LogP contribution in [-0.2, 0) is 11.3 Å². The maximum atomic E-state index is 10.6. The van der Waals surface area contributed by atoms with Gasteiger partial charge in [0.1, 0.15) is 5.69 Å². The molecule has 3 aromatic rings. The second-order valence-corrected chi connectivity index (χ2v) is 3.99. The Morgan fingerprint density at radius 3 is 3.05 bits per heavy atom. The fraction of sp³-hybridized carbons (Fsp3) is 0.182. The molecule has 19 heavy (non-hydrogen) atoms. The standard InChI is InChI=1S/C11H10N6O2/c18-9(19)5-6-17-11(14-15-16-17)10-7-3-1-2-4-8(7)12-13-10/h1-4H,5-6H2,(H,12,13)(H,18,19). The molecule has 96 valence electrons. The third kappa shape index (κ3) is 2.03. The van der Waals surface area contributed by atoms with E-state index in [1.807, 2.05) is 24.3 Å². The van der Waals surface area contributed by atoms with Crippen LogP contribution in [0, 0.1) is 0 Å². The van der Waals surface area contributed by atoms with E-state index in [9.17, 15) is 4.79 Å². The molecule has 1 aromatic carbocycles. The van der Waals surface area contributed by atoms with Crippen molar-refractivity contribution < 1.29 is 9.90 Å². The average molecular weight is 258 g/mol. The summed E-state index contributed by atoms with van der Waals surface area (Å²) in [5, 5.41) is 28.0. The van der Waals surface area contributed by atoms with Crippen LogP contribution in [0.5, 0.6) is 0 Å². The highest BCUT2D eigenvalue weighted by Crippen LogP contribution is 2.23. The second kappa shape index (κ2) is 4.48. The number of aromatic nitrogens is 6. The molecule has 8 nitrogen and oxygen atoms in total. The van der Waals surface area contributed by atoms with E-state index in [0.717, 1.165) is 10.9 Å². The summed E-state index contributed by atoms with van der Waals surface area (Å²) in [7, 11) is 0. The predicted molar refractivity (Wildman–Crippen MR) is 65.2 cm³/mol. The average Bonchev–Trinajstić information content (AvgIpc) is 3.02. The molecule has 0 aliphatic rings. The van der Waals surface area contributed by atoms with Crippen molar-refractivity contribution in [2.45, 2.75) is 13.0 Å². The molecule has 0 amide bonds.